The lowest BCUT2D eigenvalue weighted by molar-refractivity contribution is -0.134. The highest BCUT2D eigenvalue weighted by atomic mass is 16.5. The van der Waals surface area contributed by atoms with E-state index < -0.39 is 0 Å². The Morgan fingerprint density at radius 1 is 1.36 bits per heavy atom. The van der Waals surface area contributed by atoms with E-state index >= 15 is 0 Å². The van der Waals surface area contributed by atoms with Gasteiger partial charge in [0, 0.05) is 36.5 Å². The molecule has 0 aromatic carbocycles. The van der Waals surface area contributed by atoms with Crippen molar-refractivity contribution >= 4 is 5.91 Å². The lowest BCUT2D eigenvalue weighted by Gasteiger charge is -2.29. The Hall–Kier alpha value is -2.09. The van der Waals surface area contributed by atoms with Gasteiger partial charge in [0.2, 0.25) is 0 Å². The Bertz CT molecular complexity index is 586. The molecule has 0 spiro atoms. The number of pyridine rings is 1. The molecule has 0 saturated carbocycles. The zero-order valence-electron chi connectivity index (χ0n) is 12.8. The first kappa shape index (κ1) is 14.8. The number of rotatable bonds is 3. The first-order valence-electron chi connectivity index (χ1n) is 8.05. The topological polar surface area (TPSA) is 66.2 Å². The smallest absolute Gasteiger partial charge is 0.260 e. The van der Waals surface area contributed by atoms with Crippen molar-refractivity contribution in [2.24, 2.45) is 5.92 Å². The number of nitriles is 1. The predicted molar refractivity (Wildman–Crippen MR) is 81.3 cm³/mol. The number of aryl methyl sites for hydroxylation is 1. The molecule has 1 aromatic rings. The molecule has 116 valence electrons. The Balaban J connectivity index is 1.57. The van der Waals surface area contributed by atoms with Crippen molar-refractivity contribution in [2.45, 2.75) is 38.5 Å². The first-order chi connectivity index (χ1) is 10.8. The van der Waals surface area contributed by atoms with Gasteiger partial charge in [0.1, 0.15) is 5.75 Å². The summed E-state index contributed by atoms with van der Waals surface area (Å²) in [7, 11) is 0. The summed E-state index contributed by atoms with van der Waals surface area (Å²) in [6.07, 6.45) is 7.63. The van der Waals surface area contributed by atoms with Gasteiger partial charge in [0.05, 0.1) is 6.07 Å². The van der Waals surface area contributed by atoms with Gasteiger partial charge in [-0.1, -0.05) is 0 Å². The molecule has 1 amide bonds. The van der Waals surface area contributed by atoms with E-state index in [0.717, 1.165) is 43.5 Å². The van der Waals surface area contributed by atoms with Gasteiger partial charge in [-0.25, -0.2) is 0 Å². The largest absolute Gasteiger partial charge is 0.483 e. The minimum Gasteiger partial charge on any atom is -0.483 e. The number of hydrogen-bond acceptors (Lipinski definition) is 4. The Labute approximate surface area is 130 Å². The van der Waals surface area contributed by atoms with E-state index in [1.807, 2.05) is 11.0 Å². The molecule has 2 aliphatic rings. The SMILES string of the molecule is N#CC1CCN(C(=O)COc2ccnc3c2CCCC3)CC1. The van der Waals surface area contributed by atoms with Crippen LogP contribution in [0.2, 0.25) is 0 Å². The van der Waals surface area contributed by atoms with Gasteiger partial charge >= 0.3 is 0 Å². The number of aromatic nitrogens is 1. The molecular weight excluding hydrogens is 278 g/mol. The van der Waals surface area contributed by atoms with Crippen molar-refractivity contribution in [3.05, 3.63) is 23.5 Å². The molecule has 1 aliphatic heterocycles. The molecule has 5 heteroatoms. The summed E-state index contributed by atoms with van der Waals surface area (Å²) in [5.41, 5.74) is 2.29. The normalized spacial score (nSPS) is 18.4. The van der Waals surface area contributed by atoms with Crippen molar-refractivity contribution < 1.29 is 9.53 Å². The van der Waals surface area contributed by atoms with E-state index in [0.29, 0.717) is 13.1 Å². The summed E-state index contributed by atoms with van der Waals surface area (Å²) in [4.78, 5) is 18.5. The van der Waals surface area contributed by atoms with Crippen LogP contribution in [0.3, 0.4) is 0 Å². The monoisotopic (exact) mass is 299 g/mol. The summed E-state index contributed by atoms with van der Waals surface area (Å²) < 4.78 is 5.78. The summed E-state index contributed by atoms with van der Waals surface area (Å²) in [6, 6.07) is 4.14. The molecule has 22 heavy (non-hydrogen) atoms. The molecule has 1 aromatic heterocycles. The molecular formula is C17H21N3O2. The highest BCUT2D eigenvalue weighted by Crippen LogP contribution is 2.28. The molecule has 0 radical (unpaired) electrons. The third kappa shape index (κ3) is 3.22. The van der Waals surface area contributed by atoms with Crippen LogP contribution in [0.15, 0.2) is 12.3 Å². The van der Waals surface area contributed by atoms with Crippen LogP contribution >= 0.6 is 0 Å². The molecule has 3 rings (SSSR count). The number of carbonyl (C=O) groups excluding carboxylic acids is 1. The average Bonchev–Trinajstić information content (AvgIpc) is 2.59. The number of piperidine rings is 1. The summed E-state index contributed by atoms with van der Waals surface area (Å²) in [5, 5.41) is 8.90. The molecule has 1 aliphatic carbocycles. The fourth-order valence-electron chi connectivity index (χ4n) is 3.22. The molecule has 1 saturated heterocycles. The zero-order chi connectivity index (χ0) is 15.4. The van der Waals surface area contributed by atoms with Crippen molar-refractivity contribution in [2.75, 3.05) is 19.7 Å². The summed E-state index contributed by atoms with van der Waals surface area (Å²) in [5.74, 6) is 0.917. The molecule has 0 bridgehead atoms. The second-order valence-electron chi connectivity index (χ2n) is 6.01. The van der Waals surface area contributed by atoms with Gasteiger partial charge in [-0.3, -0.25) is 9.78 Å². The third-order valence-electron chi connectivity index (χ3n) is 4.57. The van der Waals surface area contributed by atoms with Gasteiger partial charge < -0.3 is 9.64 Å². The van der Waals surface area contributed by atoms with Gasteiger partial charge in [-0.15, -0.1) is 0 Å². The zero-order valence-corrected chi connectivity index (χ0v) is 12.8. The number of amides is 1. The molecule has 0 unspecified atom stereocenters. The van der Waals surface area contributed by atoms with Gasteiger partial charge in [-0.05, 0) is 44.6 Å². The predicted octanol–water partition coefficient (Wildman–Crippen LogP) is 2.10. The highest BCUT2D eigenvalue weighted by molar-refractivity contribution is 5.77. The van der Waals surface area contributed by atoms with Crippen LogP contribution < -0.4 is 4.74 Å². The highest BCUT2D eigenvalue weighted by Gasteiger charge is 2.23. The quantitative estimate of drug-likeness (QED) is 0.857. The molecule has 2 heterocycles. The van der Waals surface area contributed by atoms with Crippen LogP contribution in [0.4, 0.5) is 0 Å². The molecule has 0 N–H and O–H groups in total. The summed E-state index contributed by atoms with van der Waals surface area (Å²) >= 11 is 0. The maximum atomic E-state index is 12.2. The maximum absolute atomic E-state index is 12.2. The van der Waals surface area contributed by atoms with Crippen LogP contribution in [0.5, 0.6) is 5.75 Å². The van der Waals surface area contributed by atoms with Crippen molar-refractivity contribution in [3.8, 4) is 11.8 Å². The van der Waals surface area contributed by atoms with Crippen LogP contribution in [0.1, 0.15) is 36.9 Å². The van der Waals surface area contributed by atoms with E-state index in [1.54, 1.807) is 6.20 Å². The molecule has 1 fully saturated rings. The van der Waals surface area contributed by atoms with E-state index in [2.05, 4.69) is 11.1 Å². The number of nitrogens with zero attached hydrogens (tertiary/aromatic N) is 3. The maximum Gasteiger partial charge on any atom is 0.260 e. The van der Waals surface area contributed by atoms with Crippen LogP contribution in [0, 0.1) is 17.2 Å². The number of ether oxygens (including phenoxy) is 1. The lowest BCUT2D eigenvalue weighted by atomic mass is 9.95. The summed E-state index contributed by atoms with van der Waals surface area (Å²) in [6.45, 7) is 1.40. The number of fused-ring (bicyclic) bond motifs is 1. The minimum absolute atomic E-state index is 0.0118. The standard InChI is InChI=1S/C17H21N3O2/c18-11-13-6-9-20(10-7-13)17(21)12-22-16-5-8-19-15-4-2-1-3-14(15)16/h5,8,13H,1-4,6-7,9-10,12H2. The van der Waals surface area contributed by atoms with Crippen molar-refractivity contribution in [3.63, 3.8) is 0 Å². The third-order valence-corrected chi connectivity index (χ3v) is 4.57. The van der Waals surface area contributed by atoms with Crippen LogP contribution in [0.25, 0.3) is 0 Å². The van der Waals surface area contributed by atoms with Crippen LogP contribution in [-0.2, 0) is 17.6 Å². The number of likely N-dealkylation sites (tertiary alicyclic amines) is 1. The van der Waals surface area contributed by atoms with E-state index in [1.165, 1.54) is 12.0 Å². The average molecular weight is 299 g/mol. The van der Waals surface area contributed by atoms with E-state index in [4.69, 9.17) is 10.00 Å². The van der Waals surface area contributed by atoms with Gasteiger partial charge in [0.25, 0.3) is 5.91 Å². The van der Waals surface area contributed by atoms with Gasteiger partial charge in [0.15, 0.2) is 6.61 Å². The van der Waals surface area contributed by atoms with Crippen molar-refractivity contribution in [1.82, 2.24) is 9.88 Å². The second kappa shape index (κ2) is 6.78. The Kier molecular flexibility index (Phi) is 4.57. The first-order valence-corrected chi connectivity index (χ1v) is 8.05. The van der Waals surface area contributed by atoms with E-state index in [-0.39, 0.29) is 18.4 Å². The lowest BCUT2D eigenvalue weighted by Crippen LogP contribution is -2.40. The second-order valence-corrected chi connectivity index (χ2v) is 6.01. The van der Waals surface area contributed by atoms with Crippen molar-refractivity contribution in [1.29, 1.82) is 5.26 Å². The number of carbonyl (C=O) groups is 1. The Morgan fingerprint density at radius 3 is 2.91 bits per heavy atom. The molecule has 5 nitrogen and oxygen atoms in total. The van der Waals surface area contributed by atoms with E-state index in [9.17, 15) is 4.79 Å². The van der Waals surface area contributed by atoms with Crippen LogP contribution in [-0.4, -0.2) is 35.5 Å². The number of hydrogen-bond donors (Lipinski definition) is 0. The minimum atomic E-state index is 0.0118. The fourth-order valence-corrected chi connectivity index (χ4v) is 3.22. The van der Waals surface area contributed by atoms with Gasteiger partial charge in [-0.2, -0.15) is 5.26 Å². The fraction of sp³-hybridized carbons (Fsp3) is 0.588. The molecule has 0 atom stereocenters. The Morgan fingerprint density at radius 2 is 2.14 bits per heavy atom.